The van der Waals surface area contributed by atoms with Crippen LogP contribution in [0.15, 0.2) is 0 Å². The van der Waals surface area contributed by atoms with Crippen LogP contribution in [0.1, 0.15) is 59.8 Å². The quantitative estimate of drug-likeness (QED) is 0.846. The minimum atomic E-state index is 0.300. The summed E-state index contributed by atoms with van der Waals surface area (Å²) in [6, 6.07) is 0.732. The Morgan fingerprint density at radius 1 is 1.14 bits per heavy atom. The van der Waals surface area contributed by atoms with Crippen LogP contribution in [0.3, 0.4) is 0 Å². The Morgan fingerprint density at radius 2 is 1.81 bits per heavy atom. The standard InChI is InChI=1S/C18H37N3/c1-5-16(4)20-9-11-21(12-10-20)18(14-19)8-6-7-17(13-18)15(2)3/h15-17H,5-14,19H2,1-4H3. The van der Waals surface area contributed by atoms with Gasteiger partial charge in [-0.05, 0) is 38.0 Å². The predicted molar refractivity (Wildman–Crippen MR) is 91.5 cm³/mol. The van der Waals surface area contributed by atoms with E-state index >= 15 is 0 Å². The summed E-state index contributed by atoms with van der Waals surface area (Å²) in [6.45, 7) is 15.2. The highest BCUT2D eigenvalue weighted by Gasteiger charge is 2.41. The third kappa shape index (κ3) is 3.80. The van der Waals surface area contributed by atoms with E-state index in [9.17, 15) is 0 Å². The second-order valence-electron chi connectivity index (χ2n) is 7.81. The van der Waals surface area contributed by atoms with E-state index in [1.54, 1.807) is 0 Å². The summed E-state index contributed by atoms with van der Waals surface area (Å²) in [6.07, 6.45) is 6.68. The van der Waals surface area contributed by atoms with Crippen molar-refractivity contribution in [2.24, 2.45) is 17.6 Å². The van der Waals surface area contributed by atoms with Gasteiger partial charge in [-0.25, -0.2) is 0 Å². The van der Waals surface area contributed by atoms with Crippen molar-refractivity contribution in [2.75, 3.05) is 32.7 Å². The van der Waals surface area contributed by atoms with Gasteiger partial charge in [0.05, 0.1) is 0 Å². The van der Waals surface area contributed by atoms with Crippen LogP contribution in [0.2, 0.25) is 0 Å². The second-order valence-corrected chi connectivity index (χ2v) is 7.81. The van der Waals surface area contributed by atoms with Gasteiger partial charge in [0.25, 0.3) is 0 Å². The minimum Gasteiger partial charge on any atom is -0.329 e. The van der Waals surface area contributed by atoms with E-state index in [1.165, 1.54) is 58.3 Å². The molecule has 21 heavy (non-hydrogen) atoms. The van der Waals surface area contributed by atoms with Gasteiger partial charge in [-0.2, -0.15) is 0 Å². The SMILES string of the molecule is CCC(C)N1CCN(C2(CN)CCCC(C(C)C)C2)CC1. The molecule has 0 aromatic rings. The second kappa shape index (κ2) is 7.43. The van der Waals surface area contributed by atoms with Crippen molar-refractivity contribution in [3.63, 3.8) is 0 Å². The fourth-order valence-electron chi connectivity index (χ4n) is 4.45. The molecule has 3 atom stereocenters. The molecule has 1 aliphatic carbocycles. The molecule has 1 saturated carbocycles. The summed E-state index contributed by atoms with van der Waals surface area (Å²) >= 11 is 0. The van der Waals surface area contributed by atoms with E-state index in [-0.39, 0.29) is 0 Å². The summed E-state index contributed by atoms with van der Waals surface area (Å²) in [7, 11) is 0. The third-order valence-corrected chi connectivity index (χ3v) is 6.38. The molecule has 0 amide bonds. The van der Waals surface area contributed by atoms with Gasteiger partial charge < -0.3 is 5.73 Å². The molecule has 124 valence electrons. The molecule has 2 aliphatic rings. The van der Waals surface area contributed by atoms with E-state index in [0.717, 1.165) is 24.4 Å². The van der Waals surface area contributed by atoms with Gasteiger partial charge >= 0.3 is 0 Å². The smallest absolute Gasteiger partial charge is 0.0335 e. The number of nitrogens with zero attached hydrogens (tertiary/aromatic N) is 2. The Bertz CT molecular complexity index is 310. The van der Waals surface area contributed by atoms with Crippen LogP contribution in [0.5, 0.6) is 0 Å². The number of rotatable bonds is 5. The van der Waals surface area contributed by atoms with Gasteiger partial charge in [0.1, 0.15) is 0 Å². The lowest BCUT2D eigenvalue weighted by Crippen LogP contribution is -2.62. The summed E-state index contributed by atoms with van der Waals surface area (Å²) in [5, 5.41) is 0. The van der Waals surface area contributed by atoms with Gasteiger partial charge in [-0.3, -0.25) is 9.80 Å². The predicted octanol–water partition coefficient (Wildman–Crippen LogP) is 2.95. The van der Waals surface area contributed by atoms with Crippen molar-refractivity contribution in [3.05, 3.63) is 0 Å². The number of hydrogen-bond donors (Lipinski definition) is 1. The number of hydrogen-bond acceptors (Lipinski definition) is 3. The summed E-state index contributed by atoms with van der Waals surface area (Å²) in [5.74, 6) is 1.67. The van der Waals surface area contributed by atoms with Crippen molar-refractivity contribution < 1.29 is 0 Å². The Balaban J connectivity index is 1.98. The summed E-state index contributed by atoms with van der Waals surface area (Å²) in [4.78, 5) is 5.41. The summed E-state index contributed by atoms with van der Waals surface area (Å²) < 4.78 is 0. The van der Waals surface area contributed by atoms with Crippen LogP contribution >= 0.6 is 0 Å². The average Bonchev–Trinajstić information content (AvgIpc) is 2.54. The topological polar surface area (TPSA) is 32.5 Å². The maximum absolute atomic E-state index is 6.30. The van der Waals surface area contributed by atoms with E-state index in [1.807, 2.05) is 0 Å². The zero-order valence-electron chi connectivity index (χ0n) is 14.8. The molecule has 0 aromatic carbocycles. The van der Waals surface area contributed by atoms with Gasteiger partial charge in [-0.1, -0.05) is 33.6 Å². The molecular weight excluding hydrogens is 258 g/mol. The first-order valence-electron chi connectivity index (χ1n) is 9.21. The van der Waals surface area contributed by atoms with Crippen molar-refractivity contribution in [1.82, 2.24) is 9.80 Å². The van der Waals surface area contributed by atoms with Crippen LogP contribution < -0.4 is 5.73 Å². The molecular formula is C18H37N3. The molecule has 0 bridgehead atoms. The summed E-state index contributed by atoms with van der Waals surface area (Å²) in [5.41, 5.74) is 6.60. The number of nitrogens with two attached hydrogens (primary N) is 1. The molecule has 3 unspecified atom stereocenters. The highest BCUT2D eigenvalue weighted by Crippen LogP contribution is 2.40. The number of piperazine rings is 1. The van der Waals surface area contributed by atoms with E-state index in [0.29, 0.717) is 5.54 Å². The zero-order chi connectivity index (χ0) is 15.5. The fourth-order valence-corrected chi connectivity index (χ4v) is 4.45. The average molecular weight is 296 g/mol. The largest absolute Gasteiger partial charge is 0.329 e. The first kappa shape index (κ1) is 17.2. The zero-order valence-corrected chi connectivity index (χ0v) is 14.8. The highest BCUT2D eigenvalue weighted by molar-refractivity contribution is 4.99. The maximum Gasteiger partial charge on any atom is 0.0335 e. The Kier molecular flexibility index (Phi) is 6.10. The van der Waals surface area contributed by atoms with E-state index in [4.69, 9.17) is 5.73 Å². The monoisotopic (exact) mass is 295 g/mol. The molecule has 3 nitrogen and oxygen atoms in total. The van der Waals surface area contributed by atoms with Crippen molar-refractivity contribution in [3.8, 4) is 0 Å². The molecule has 1 saturated heterocycles. The van der Waals surface area contributed by atoms with Crippen molar-refractivity contribution in [2.45, 2.75) is 71.4 Å². The van der Waals surface area contributed by atoms with Gasteiger partial charge in [-0.15, -0.1) is 0 Å². The molecule has 1 aliphatic heterocycles. The molecule has 3 heteroatoms. The van der Waals surface area contributed by atoms with Crippen LogP contribution in [0.4, 0.5) is 0 Å². The van der Waals surface area contributed by atoms with E-state index in [2.05, 4.69) is 37.5 Å². The highest BCUT2D eigenvalue weighted by atomic mass is 15.3. The van der Waals surface area contributed by atoms with Crippen molar-refractivity contribution in [1.29, 1.82) is 0 Å². The van der Waals surface area contributed by atoms with Crippen LogP contribution in [-0.4, -0.2) is 54.1 Å². The Morgan fingerprint density at radius 3 is 2.33 bits per heavy atom. The van der Waals surface area contributed by atoms with Crippen LogP contribution in [0, 0.1) is 11.8 Å². The lowest BCUT2D eigenvalue weighted by molar-refractivity contribution is -0.0153. The third-order valence-electron chi connectivity index (χ3n) is 6.38. The molecule has 2 rings (SSSR count). The lowest BCUT2D eigenvalue weighted by Gasteiger charge is -2.52. The molecule has 1 heterocycles. The molecule has 2 N–H and O–H groups in total. The normalized spacial score (nSPS) is 34.3. The molecule has 0 spiro atoms. The van der Waals surface area contributed by atoms with Crippen LogP contribution in [0.25, 0.3) is 0 Å². The minimum absolute atomic E-state index is 0.300. The molecule has 2 fully saturated rings. The van der Waals surface area contributed by atoms with Gasteiger partial charge in [0, 0.05) is 44.3 Å². The van der Waals surface area contributed by atoms with Crippen LogP contribution in [-0.2, 0) is 0 Å². The van der Waals surface area contributed by atoms with Gasteiger partial charge in [0.15, 0.2) is 0 Å². The first-order chi connectivity index (χ1) is 10.0. The fraction of sp³-hybridized carbons (Fsp3) is 1.00. The molecule has 0 aromatic heterocycles. The molecule has 0 radical (unpaired) electrons. The van der Waals surface area contributed by atoms with E-state index < -0.39 is 0 Å². The Labute approximate surface area is 132 Å². The first-order valence-corrected chi connectivity index (χ1v) is 9.21. The lowest BCUT2D eigenvalue weighted by atomic mass is 9.70. The van der Waals surface area contributed by atoms with Crippen molar-refractivity contribution >= 4 is 0 Å². The Hall–Kier alpha value is -0.120. The maximum atomic E-state index is 6.30. The van der Waals surface area contributed by atoms with Gasteiger partial charge in [0.2, 0.25) is 0 Å².